The third-order valence-corrected chi connectivity index (χ3v) is 2.57. The van der Waals surface area contributed by atoms with Crippen LogP contribution in [-0.2, 0) is 14.8 Å². The molecule has 1 N–H and O–H groups in total. The lowest BCUT2D eigenvalue weighted by Crippen LogP contribution is -2.20. The minimum Gasteiger partial charge on any atom is -0.288 e. The Morgan fingerprint density at radius 2 is 2.12 bits per heavy atom. The number of benzene rings is 1. The first-order chi connectivity index (χ1) is 7.77. The van der Waals surface area contributed by atoms with E-state index in [1.165, 1.54) is 0 Å². The average Bonchev–Trinajstić information content (AvgIpc) is 2.88. The summed E-state index contributed by atoms with van der Waals surface area (Å²) >= 11 is 0. The molecule has 0 bridgehead atoms. The molecule has 0 aromatic heterocycles. The Kier molecular flexibility index (Phi) is 2.00. The van der Waals surface area contributed by atoms with Crippen LogP contribution in [0.15, 0.2) is 18.2 Å². The fraction of sp³-hybridized carbons (Fsp3) is 0.200. The van der Waals surface area contributed by atoms with Crippen LogP contribution in [0.2, 0.25) is 0 Å². The van der Waals surface area contributed by atoms with Crippen LogP contribution in [0.4, 0.5) is 0 Å². The van der Waals surface area contributed by atoms with Gasteiger partial charge >= 0.3 is 0 Å². The molecule has 0 spiro atoms. The molecular weight excluding hydrogens is 214 g/mol. The van der Waals surface area contributed by atoms with E-state index in [9.17, 15) is 9.59 Å². The molecule has 1 unspecified atom stereocenters. The normalized spacial score (nSPS) is 23.4. The van der Waals surface area contributed by atoms with Gasteiger partial charge in [-0.15, -0.1) is 0 Å². The van der Waals surface area contributed by atoms with Crippen molar-refractivity contribution in [3.8, 4) is 0 Å². The van der Waals surface area contributed by atoms with Gasteiger partial charge in [-0.2, -0.15) is 4.89 Å². The summed E-state index contributed by atoms with van der Waals surface area (Å²) in [6.07, 6.45) is -0.480. The molecule has 0 aliphatic carbocycles. The molecule has 2 aliphatic heterocycles. The molecule has 1 aromatic rings. The Morgan fingerprint density at radius 1 is 1.25 bits per heavy atom. The van der Waals surface area contributed by atoms with Crippen LogP contribution in [0.3, 0.4) is 0 Å². The van der Waals surface area contributed by atoms with Gasteiger partial charge in [-0.05, 0) is 6.07 Å². The second-order valence-corrected chi connectivity index (χ2v) is 3.49. The van der Waals surface area contributed by atoms with Crippen LogP contribution in [0.1, 0.15) is 32.4 Å². The zero-order chi connectivity index (χ0) is 11.1. The van der Waals surface area contributed by atoms with Gasteiger partial charge in [0.05, 0.1) is 11.1 Å². The Bertz CT molecular complexity index is 478. The molecular formula is C10H7NO5. The molecule has 0 saturated carbocycles. The number of nitrogens with one attached hydrogen (secondary N) is 1. The number of rotatable bonds is 1. The summed E-state index contributed by atoms with van der Waals surface area (Å²) in [5.41, 5.74) is 1.29. The lowest BCUT2D eigenvalue weighted by atomic mass is 9.99. The summed E-state index contributed by atoms with van der Waals surface area (Å²) in [7, 11) is 0. The molecule has 0 radical (unpaired) electrons. The molecule has 1 fully saturated rings. The van der Waals surface area contributed by atoms with Crippen molar-refractivity contribution in [1.29, 1.82) is 0 Å². The average molecular weight is 221 g/mol. The lowest BCUT2D eigenvalue weighted by Gasteiger charge is -2.08. The molecule has 3 rings (SSSR count). The summed E-state index contributed by atoms with van der Waals surface area (Å²) in [4.78, 5) is 32.4. The van der Waals surface area contributed by atoms with Crippen molar-refractivity contribution in [3.05, 3.63) is 34.9 Å². The highest BCUT2D eigenvalue weighted by Gasteiger charge is 2.34. The number of fused-ring (bicyclic) bond motifs is 1. The van der Waals surface area contributed by atoms with E-state index in [4.69, 9.17) is 4.89 Å². The third-order valence-electron chi connectivity index (χ3n) is 2.57. The predicted molar refractivity (Wildman–Crippen MR) is 49.1 cm³/mol. The number of hydrogen-bond donors (Lipinski definition) is 1. The van der Waals surface area contributed by atoms with Crippen LogP contribution < -0.4 is 5.32 Å². The molecule has 6 nitrogen and oxygen atoms in total. The Hall–Kier alpha value is -1.76. The summed E-state index contributed by atoms with van der Waals surface area (Å²) in [6.45, 7) is 0.192. The fourth-order valence-corrected chi connectivity index (χ4v) is 1.85. The van der Waals surface area contributed by atoms with E-state index in [0.29, 0.717) is 16.7 Å². The van der Waals surface area contributed by atoms with Crippen molar-refractivity contribution in [1.82, 2.24) is 5.32 Å². The van der Waals surface area contributed by atoms with Crippen LogP contribution in [-0.4, -0.2) is 18.4 Å². The maximum absolute atomic E-state index is 11.6. The van der Waals surface area contributed by atoms with Gasteiger partial charge in [-0.25, -0.2) is 4.89 Å². The monoisotopic (exact) mass is 221 g/mol. The minimum atomic E-state index is -0.480. The molecule has 1 aromatic carbocycles. The van der Waals surface area contributed by atoms with Gasteiger partial charge in [-0.1, -0.05) is 17.2 Å². The first kappa shape index (κ1) is 9.46. The number of carbonyl (C=O) groups excluding carboxylic acids is 2. The van der Waals surface area contributed by atoms with Crippen LogP contribution in [0.5, 0.6) is 0 Å². The van der Waals surface area contributed by atoms with E-state index in [1.807, 2.05) is 0 Å². The molecule has 16 heavy (non-hydrogen) atoms. The van der Waals surface area contributed by atoms with E-state index < -0.39 is 12.0 Å². The van der Waals surface area contributed by atoms with Crippen molar-refractivity contribution in [2.24, 2.45) is 0 Å². The number of amides is 2. The molecule has 82 valence electrons. The van der Waals surface area contributed by atoms with Crippen LogP contribution >= 0.6 is 0 Å². The highest BCUT2D eigenvalue weighted by atomic mass is 17.5. The first-order valence-corrected chi connectivity index (χ1v) is 4.71. The van der Waals surface area contributed by atoms with E-state index in [1.54, 1.807) is 18.2 Å². The van der Waals surface area contributed by atoms with Crippen LogP contribution in [0.25, 0.3) is 0 Å². The van der Waals surface area contributed by atoms with E-state index >= 15 is 0 Å². The maximum Gasteiger partial charge on any atom is 0.259 e. The Balaban J connectivity index is 2.13. The largest absolute Gasteiger partial charge is 0.288 e. The van der Waals surface area contributed by atoms with E-state index in [-0.39, 0.29) is 12.5 Å². The Labute approximate surface area is 90.0 Å². The number of imide groups is 1. The van der Waals surface area contributed by atoms with Crippen molar-refractivity contribution < 1.29 is 24.4 Å². The van der Waals surface area contributed by atoms with Gasteiger partial charge in [0, 0.05) is 5.56 Å². The zero-order valence-electron chi connectivity index (χ0n) is 8.06. The first-order valence-electron chi connectivity index (χ1n) is 4.71. The van der Waals surface area contributed by atoms with Crippen molar-refractivity contribution in [2.45, 2.75) is 6.10 Å². The van der Waals surface area contributed by atoms with Gasteiger partial charge in [0.2, 0.25) is 0 Å². The Morgan fingerprint density at radius 3 is 2.88 bits per heavy atom. The SMILES string of the molecule is O=C1NC(=O)c2c1cccc2C1COOO1. The van der Waals surface area contributed by atoms with Gasteiger partial charge in [-0.3, -0.25) is 14.9 Å². The summed E-state index contributed by atoms with van der Waals surface area (Å²) in [5.74, 6) is -0.798. The molecule has 2 aliphatic rings. The van der Waals surface area contributed by atoms with Crippen LogP contribution in [0, 0.1) is 0 Å². The molecule has 2 heterocycles. The lowest BCUT2D eigenvalue weighted by molar-refractivity contribution is -0.461. The zero-order valence-corrected chi connectivity index (χ0v) is 8.06. The molecule has 6 heteroatoms. The molecule has 1 saturated heterocycles. The highest BCUT2D eigenvalue weighted by Crippen LogP contribution is 2.30. The van der Waals surface area contributed by atoms with E-state index in [0.717, 1.165) is 0 Å². The predicted octanol–water partition coefficient (Wildman–Crippen LogP) is 0.505. The van der Waals surface area contributed by atoms with Gasteiger partial charge in [0.15, 0.2) is 0 Å². The quantitative estimate of drug-likeness (QED) is 0.552. The van der Waals surface area contributed by atoms with Crippen molar-refractivity contribution in [3.63, 3.8) is 0 Å². The third kappa shape index (κ3) is 1.25. The number of hydrogen-bond acceptors (Lipinski definition) is 5. The summed E-state index contributed by atoms with van der Waals surface area (Å²) in [5, 5.41) is 6.55. The summed E-state index contributed by atoms with van der Waals surface area (Å²) < 4.78 is 0. The van der Waals surface area contributed by atoms with Gasteiger partial charge in [0.1, 0.15) is 12.7 Å². The minimum absolute atomic E-state index is 0.192. The van der Waals surface area contributed by atoms with Crippen molar-refractivity contribution in [2.75, 3.05) is 6.61 Å². The maximum atomic E-state index is 11.6. The topological polar surface area (TPSA) is 73.9 Å². The number of carbonyl (C=O) groups is 2. The second kappa shape index (κ2) is 3.38. The van der Waals surface area contributed by atoms with Gasteiger partial charge in [0.25, 0.3) is 11.8 Å². The molecule has 1 atom stereocenters. The smallest absolute Gasteiger partial charge is 0.259 e. The van der Waals surface area contributed by atoms with E-state index in [2.05, 4.69) is 15.2 Å². The summed E-state index contributed by atoms with van der Waals surface area (Å²) in [6, 6.07) is 4.99. The molecule has 2 amide bonds. The van der Waals surface area contributed by atoms with Crippen molar-refractivity contribution >= 4 is 11.8 Å². The van der Waals surface area contributed by atoms with Gasteiger partial charge < -0.3 is 0 Å². The fourth-order valence-electron chi connectivity index (χ4n) is 1.85. The highest BCUT2D eigenvalue weighted by molar-refractivity contribution is 6.22. The standard InChI is InChI=1S/C10H7NO5/c12-9-6-3-1-2-5(7-4-14-16-15-7)8(6)10(13)11-9/h1-3,7H,4H2,(H,11,12,13). The second-order valence-electron chi connectivity index (χ2n) is 3.49.